The molecule has 3 fully saturated rings. The Labute approximate surface area is 349 Å². The number of fused-ring (bicyclic) bond motifs is 3. The minimum atomic E-state index is -4.04. The first-order valence-electron chi connectivity index (χ1n) is 20.6. The van der Waals surface area contributed by atoms with Crippen molar-refractivity contribution in [1.82, 2.24) is 30.2 Å². The highest BCUT2D eigenvalue weighted by atomic mass is 32.2. The molecule has 2 aliphatic heterocycles. The van der Waals surface area contributed by atoms with Crippen molar-refractivity contribution in [3.05, 3.63) is 54.6 Å². The number of aromatic nitrogens is 2. The highest BCUT2D eigenvalue weighted by molar-refractivity contribution is 7.91. The van der Waals surface area contributed by atoms with Gasteiger partial charge in [0.2, 0.25) is 27.7 Å². The topological polar surface area (TPSA) is 215 Å². The Morgan fingerprint density at radius 3 is 2.40 bits per heavy atom. The minimum Gasteiger partial charge on any atom is -0.497 e. The second kappa shape index (κ2) is 16.5. The van der Waals surface area contributed by atoms with Crippen LogP contribution in [0.3, 0.4) is 0 Å². The van der Waals surface area contributed by atoms with E-state index < -0.39 is 74.1 Å². The Morgan fingerprint density at radius 1 is 1.02 bits per heavy atom. The summed E-state index contributed by atoms with van der Waals surface area (Å²) in [5, 5.41) is 15.2. The molecule has 322 valence electrons. The maximum absolute atomic E-state index is 14.6. The molecule has 2 aromatic carbocycles. The van der Waals surface area contributed by atoms with Crippen LogP contribution in [0.25, 0.3) is 22.3 Å². The molecule has 60 heavy (non-hydrogen) atoms. The lowest BCUT2D eigenvalue weighted by Crippen LogP contribution is -2.59. The number of benzene rings is 2. The molecule has 2 aliphatic carbocycles. The zero-order valence-corrected chi connectivity index (χ0v) is 35.6. The number of nitrogens with zero attached hydrogens (tertiary/aromatic N) is 3. The number of nitrogens with one attached hydrogen (secondary N) is 3. The summed E-state index contributed by atoms with van der Waals surface area (Å²) in [5.41, 5.74) is 0.493. The van der Waals surface area contributed by atoms with E-state index in [1.807, 2.05) is 57.2 Å². The van der Waals surface area contributed by atoms with Gasteiger partial charge in [-0.1, -0.05) is 26.0 Å². The third kappa shape index (κ3) is 8.86. The minimum absolute atomic E-state index is 0.0416. The number of ether oxygens (including phenoxy) is 3. The van der Waals surface area contributed by atoms with Crippen molar-refractivity contribution in [1.29, 1.82) is 0 Å². The van der Waals surface area contributed by atoms with Gasteiger partial charge in [-0.25, -0.2) is 23.2 Å². The van der Waals surface area contributed by atoms with Crippen LogP contribution in [0.15, 0.2) is 54.6 Å². The number of amides is 4. The summed E-state index contributed by atoms with van der Waals surface area (Å²) in [6, 6.07) is 10.1. The third-order valence-electron chi connectivity index (χ3n) is 12.1. The van der Waals surface area contributed by atoms with E-state index in [9.17, 15) is 32.7 Å². The van der Waals surface area contributed by atoms with Gasteiger partial charge in [-0.05, 0) is 108 Å². The molecular formula is C43H54N6O10S. The van der Waals surface area contributed by atoms with E-state index in [-0.39, 0.29) is 37.3 Å². The lowest BCUT2D eigenvalue weighted by Gasteiger charge is -2.32. The maximum atomic E-state index is 14.6. The highest BCUT2D eigenvalue weighted by Crippen LogP contribution is 2.48. The average molecular weight is 847 g/mol. The fourth-order valence-electron chi connectivity index (χ4n) is 8.27. The predicted molar refractivity (Wildman–Crippen MR) is 222 cm³/mol. The molecule has 1 aromatic heterocycles. The summed E-state index contributed by atoms with van der Waals surface area (Å²) >= 11 is 0. The SMILES string of the molecule is COc1ccc2nc(O[C@@H]3C[C@H]4C(=O)N[C@]5(C(=O)NS(=O)(=O)C6(C)CC6)C[C@H]5C=CCC[C@@H](C)C[C@@H](C)[C@H](NC(=O)O)C(=O)N4C3)c(-c3ccc(OC(C)C)cc3)nc2c1. The quantitative estimate of drug-likeness (QED) is 0.199. The van der Waals surface area contributed by atoms with E-state index >= 15 is 0 Å². The molecule has 7 atom stereocenters. The molecule has 0 spiro atoms. The van der Waals surface area contributed by atoms with Crippen molar-refractivity contribution in [2.45, 2.75) is 114 Å². The van der Waals surface area contributed by atoms with Gasteiger partial charge in [-0.15, -0.1) is 0 Å². The molecule has 3 aromatic rings. The first-order chi connectivity index (χ1) is 28.4. The molecule has 1 saturated heterocycles. The van der Waals surface area contributed by atoms with Gasteiger partial charge in [0.15, 0.2) is 0 Å². The van der Waals surface area contributed by atoms with E-state index in [4.69, 9.17) is 24.2 Å². The van der Waals surface area contributed by atoms with E-state index in [2.05, 4.69) is 15.4 Å². The Balaban J connectivity index is 1.25. The van der Waals surface area contributed by atoms with Crippen LogP contribution >= 0.6 is 0 Å². The number of methoxy groups -OCH3 is 1. The van der Waals surface area contributed by atoms with Crippen LogP contribution in [0.5, 0.6) is 17.4 Å². The van der Waals surface area contributed by atoms with Gasteiger partial charge in [-0.3, -0.25) is 19.1 Å². The highest BCUT2D eigenvalue weighted by Gasteiger charge is 2.63. The Hall–Kier alpha value is -5.45. The molecule has 0 bridgehead atoms. The van der Waals surface area contributed by atoms with Gasteiger partial charge in [-0.2, -0.15) is 0 Å². The van der Waals surface area contributed by atoms with Gasteiger partial charge < -0.3 is 34.9 Å². The average Bonchev–Trinajstić information content (AvgIpc) is 4.08. The molecule has 3 heterocycles. The maximum Gasteiger partial charge on any atom is 0.405 e. The number of carbonyl (C=O) groups is 4. The van der Waals surface area contributed by atoms with Crippen LogP contribution in [0, 0.1) is 17.8 Å². The number of allylic oxidation sites excluding steroid dienone is 1. The zero-order valence-electron chi connectivity index (χ0n) is 34.8. The molecule has 4 aliphatic rings. The first-order valence-corrected chi connectivity index (χ1v) is 22.0. The molecule has 2 saturated carbocycles. The lowest BCUT2D eigenvalue weighted by atomic mass is 9.88. The van der Waals surface area contributed by atoms with Gasteiger partial charge in [0.1, 0.15) is 40.9 Å². The molecule has 17 heteroatoms. The van der Waals surface area contributed by atoms with Crippen LogP contribution in [-0.2, 0) is 24.4 Å². The number of hydrogen-bond acceptors (Lipinski definition) is 11. The van der Waals surface area contributed by atoms with Crippen molar-refractivity contribution in [3.8, 4) is 28.6 Å². The Bertz CT molecular complexity index is 2300. The fourth-order valence-corrected chi connectivity index (χ4v) is 9.58. The van der Waals surface area contributed by atoms with Crippen LogP contribution in [-0.4, -0.2) is 100 Å². The van der Waals surface area contributed by atoms with Gasteiger partial charge in [0.25, 0.3) is 5.91 Å². The number of sulfonamides is 1. The number of carboxylic acid groups (broad SMARTS) is 1. The summed E-state index contributed by atoms with van der Waals surface area (Å²) in [5.74, 6) is -1.63. The molecule has 16 nitrogen and oxygen atoms in total. The predicted octanol–water partition coefficient (Wildman–Crippen LogP) is 4.96. The number of carbonyl (C=O) groups excluding carboxylic acids is 3. The van der Waals surface area contributed by atoms with E-state index in [0.717, 1.165) is 6.42 Å². The molecule has 4 amide bonds. The largest absolute Gasteiger partial charge is 0.497 e. The second-order valence-electron chi connectivity index (χ2n) is 17.3. The van der Waals surface area contributed by atoms with Crippen LogP contribution < -0.4 is 29.6 Å². The van der Waals surface area contributed by atoms with Crippen LogP contribution in [0.1, 0.15) is 79.6 Å². The van der Waals surface area contributed by atoms with Crippen LogP contribution in [0.2, 0.25) is 0 Å². The molecule has 4 N–H and O–H groups in total. The van der Waals surface area contributed by atoms with E-state index in [0.29, 0.717) is 59.5 Å². The second-order valence-corrected chi connectivity index (χ2v) is 19.5. The lowest BCUT2D eigenvalue weighted by molar-refractivity contribution is -0.142. The summed E-state index contributed by atoms with van der Waals surface area (Å²) in [6.07, 6.45) is 4.30. The van der Waals surface area contributed by atoms with Gasteiger partial charge in [0.05, 0.1) is 35.5 Å². The van der Waals surface area contributed by atoms with Crippen molar-refractivity contribution < 1.29 is 46.9 Å². The van der Waals surface area contributed by atoms with E-state index in [1.165, 1.54) is 4.90 Å². The summed E-state index contributed by atoms with van der Waals surface area (Å²) in [7, 11) is -2.48. The standard InChI is InChI=1S/C43H54N6O10S/c1-24(2)58-29-13-11-27(12-14-29)36-38(45-32-16-15-30(57-6)20-33(32)44-36)59-31-21-34-37(50)47-43(40(52)48-60(55,56)42(5)17-18-42)22-28(43)10-8-7-9-25(3)19-26(4)35(46-41(53)54)39(51)49(34)23-31/h8,10-16,20,24-26,28,31,34-35,46H,7,9,17-19,21-23H2,1-6H3,(H,47,50)(H,48,52)(H,53,54)/t25-,26-,28-,31-,34+,35+,43-/m1/s1. The molecular weight excluding hydrogens is 793 g/mol. The Morgan fingerprint density at radius 2 is 1.73 bits per heavy atom. The van der Waals surface area contributed by atoms with Crippen molar-refractivity contribution >= 4 is 44.9 Å². The van der Waals surface area contributed by atoms with Crippen molar-refractivity contribution in [2.24, 2.45) is 17.8 Å². The molecule has 0 unspecified atom stereocenters. The van der Waals surface area contributed by atoms with Crippen LogP contribution in [0.4, 0.5) is 4.79 Å². The molecule has 0 radical (unpaired) electrons. The summed E-state index contributed by atoms with van der Waals surface area (Å²) in [4.78, 5) is 66.4. The number of hydrogen-bond donors (Lipinski definition) is 4. The summed E-state index contributed by atoms with van der Waals surface area (Å²) in [6.45, 7) is 9.14. The monoisotopic (exact) mass is 846 g/mol. The third-order valence-corrected chi connectivity index (χ3v) is 14.3. The first kappa shape index (κ1) is 42.7. The van der Waals surface area contributed by atoms with Gasteiger partial charge in [0, 0.05) is 24.0 Å². The summed E-state index contributed by atoms with van der Waals surface area (Å²) < 4.78 is 45.6. The van der Waals surface area contributed by atoms with Gasteiger partial charge >= 0.3 is 6.09 Å². The van der Waals surface area contributed by atoms with Crippen molar-refractivity contribution in [3.63, 3.8) is 0 Å². The zero-order chi connectivity index (χ0) is 43.1. The Kier molecular flexibility index (Phi) is 11.8. The smallest absolute Gasteiger partial charge is 0.405 e. The number of rotatable bonds is 10. The normalized spacial score (nSPS) is 27.8. The molecule has 7 rings (SSSR count). The van der Waals surface area contributed by atoms with Crippen molar-refractivity contribution in [2.75, 3.05) is 13.7 Å². The van der Waals surface area contributed by atoms with E-state index in [1.54, 1.807) is 39.2 Å². The fraction of sp³-hybridized carbons (Fsp3) is 0.535.